The van der Waals surface area contributed by atoms with Gasteiger partial charge in [-0.1, -0.05) is 6.92 Å². The number of carbonyl (C=O) groups is 1. The summed E-state index contributed by atoms with van der Waals surface area (Å²) in [6.45, 7) is 10.4. The Labute approximate surface area is 184 Å². The van der Waals surface area contributed by atoms with Crippen LogP contribution in [0, 0.1) is 5.82 Å². The van der Waals surface area contributed by atoms with Crippen LogP contribution in [0.1, 0.15) is 59.6 Å². The second-order valence-electron chi connectivity index (χ2n) is 8.87. The molecule has 6 heteroatoms. The summed E-state index contributed by atoms with van der Waals surface area (Å²) in [7, 11) is 0. The van der Waals surface area contributed by atoms with Gasteiger partial charge in [-0.15, -0.1) is 0 Å². The lowest BCUT2D eigenvalue weighted by Crippen LogP contribution is -2.45. The molecule has 1 fully saturated rings. The lowest BCUT2D eigenvalue weighted by Gasteiger charge is -2.40. The number of nitrogens with zero attached hydrogens (tertiary/aromatic N) is 1. The number of ether oxygens (including phenoxy) is 3. The summed E-state index contributed by atoms with van der Waals surface area (Å²) in [6.07, 6.45) is 2.17. The fraction of sp³-hybridized carbons (Fsp3) is 0.560. The number of hydrogen-bond acceptors (Lipinski definition) is 4. The van der Waals surface area contributed by atoms with E-state index in [0.717, 1.165) is 30.6 Å². The van der Waals surface area contributed by atoms with E-state index in [9.17, 15) is 9.18 Å². The molecule has 3 rings (SSSR count). The Morgan fingerprint density at radius 1 is 1.16 bits per heavy atom. The van der Waals surface area contributed by atoms with E-state index in [4.69, 9.17) is 14.2 Å². The second-order valence-corrected chi connectivity index (χ2v) is 8.87. The number of hydrogen-bond donors (Lipinski definition) is 0. The average molecular weight is 432 g/mol. The maximum absolute atomic E-state index is 13.4. The van der Waals surface area contributed by atoms with Crippen molar-refractivity contribution in [2.75, 3.05) is 0 Å². The second kappa shape index (κ2) is 9.96. The van der Waals surface area contributed by atoms with Crippen LogP contribution in [0.25, 0.3) is 11.3 Å². The van der Waals surface area contributed by atoms with E-state index in [-0.39, 0.29) is 36.5 Å². The van der Waals surface area contributed by atoms with Gasteiger partial charge >= 0.3 is 5.97 Å². The van der Waals surface area contributed by atoms with Crippen molar-refractivity contribution in [1.29, 1.82) is 0 Å². The molecule has 1 aromatic carbocycles. The third-order valence-corrected chi connectivity index (χ3v) is 5.44. The van der Waals surface area contributed by atoms with Crippen molar-refractivity contribution in [1.82, 2.24) is 4.57 Å². The fourth-order valence-corrected chi connectivity index (χ4v) is 4.25. The molecule has 0 spiro atoms. The first-order valence-electron chi connectivity index (χ1n) is 11.2. The number of carbonyl (C=O) groups excluding carboxylic acids is 1. The van der Waals surface area contributed by atoms with Gasteiger partial charge in [0.2, 0.25) is 0 Å². The van der Waals surface area contributed by atoms with Crippen LogP contribution in [0.4, 0.5) is 4.39 Å². The Morgan fingerprint density at radius 2 is 1.84 bits per heavy atom. The Hall–Kier alpha value is -2.18. The van der Waals surface area contributed by atoms with Crippen LogP contribution in [0.3, 0.4) is 0 Å². The van der Waals surface area contributed by atoms with Crippen molar-refractivity contribution in [2.45, 2.75) is 90.9 Å². The summed E-state index contributed by atoms with van der Waals surface area (Å²) in [4.78, 5) is 12.1. The summed E-state index contributed by atoms with van der Waals surface area (Å²) in [6, 6.07) is 10.8. The predicted molar refractivity (Wildman–Crippen MR) is 118 cm³/mol. The third kappa shape index (κ3) is 6.40. The third-order valence-electron chi connectivity index (χ3n) is 5.44. The van der Waals surface area contributed by atoms with E-state index < -0.39 is 5.79 Å². The van der Waals surface area contributed by atoms with Crippen LogP contribution in [0.15, 0.2) is 36.4 Å². The van der Waals surface area contributed by atoms with Gasteiger partial charge in [0.15, 0.2) is 5.79 Å². The van der Waals surface area contributed by atoms with Crippen molar-refractivity contribution in [3.63, 3.8) is 0 Å². The average Bonchev–Trinajstić information content (AvgIpc) is 3.08. The quantitative estimate of drug-likeness (QED) is 0.518. The normalized spacial score (nSPS) is 20.7. The number of benzene rings is 1. The minimum Gasteiger partial charge on any atom is -0.463 e. The monoisotopic (exact) mass is 431 g/mol. The summed E-state index contributed by atoms with van der Waals surface area (Å²) in [5.74, 6) is -1.23. The van der Waals surface area contributed by atoms with Crippen molar-refractivity contribution >= 4 is 5.97 Å². The molecule has 5 nitrogen and oxygen atoms in total. The van der Waals surface area contributed by atoms with Crippen molar-refractivity contribution in [2.24, 2.45) is 0 Å². The molecule has 0 radical (unpaired) electrons. The summed E-state index contributed by atoms with van der Waals surface area (Å²) < 4.78 is 33.1. The van der Waals surface area contributed by atoms with Gasteiger partial charge in [0.05, 0.1) is 24.7 Å². The molecule has 31 heavy (non-hydrogen) atoms. The van der Waals surface area contributed by atoms with Crippen LogP contribution < -0.4 is 0 Å². The minimum absolute atomic E-state index is 0.0335. The molecule has 0 amide bonds. The molecular weight excluding hydrogens is 397 g/mol. The zero-order valence-electron chi connectivity index (χ0n) is 19.2. The van der Waals surface area contributed by atoms with Crippen LogP contribution in [0.2, 0.25) is 0 Å². The van der Waals surface area contributed by atoms with Gasteiger partial charge in [0.1, 0.15) is 5.82 Å². The topological polar surface area (TPSA) is 49.7 Å². The van der Waals surface area contributed by atoms with Crippen LogP contribution in [-0.2, 0) is 32.0 Å². The van der Waals surface area contributed by atoms with Gasteiger partial charge in [0.25, 0.3) is 0 Å². The van der Waals surface area contributed by atoms with Gasteiger partial charge in [-0.3, -0.25) is 4.79 Å². The molecule has 2 aromatic rings. The van der Waals surface area contributed by atoms with Gasteiger partial charge in [-0.2, -0.15) is 0 Å². The Bertz CT molecular complexity index is 872. The highest BCUT2D eigenvalue weighted by atomic mass is 19.1. The number of rotatable bonds is 8. The van der Waals surface area contributed by atoms with Crippen LogP contribution in [0.5, 0.6) is 0 Å². The summed E-state index contributed by atoms with van der Waals surface area (Å²) in [5, 5.41) is 0. The zero-order valence-corrected chi connectivity index (χ0v) is 19.2. The molecule has 0 aliphatic carbocycles. The molecule has 0 bridgehead atoms. The highest BCUT2D eigenvalue weighted by Crippen LogP contribution is 2.31. The maximum atomic E-state index is 13.4. The lowest BCUT2D eigenvalue weighted by atomic mass is 10.0. The first kappa shape index (κ1) is 23.5. The summed E-state index contributed by atoms with van der Waals surface area (Å²) in [5.41, 5.74) is 3.28. The minimum atomic E-state index is -0.754. The molecule has 2 atom stereocenters. The first-order valence-corrected chi connectivity index (χ1v) is 11.2. The SMILES string of the molecule is CCc1ccc(-c2ccc(F)cc2)n1CCC1CC(CC(=O)OC(C)C)OC(C)(C)O1. The van der Waals surface area contributed by atoms with E-state index in [1.807, 2.05) is 39.8 Å². The number of esters is 1. The van der Waals surface area contributed by atoms with Gasteiger partial charge in [-0.25, -0.2) is 4.39 Å². The Kier molecular flexibility index (Phi) is 7.55. The van der Waals surface area contributed by atoms with Gasteiger partial charge in [-0.05, 0) is 82.5 Å². The Balaban J connectivity index is 1.70. The highest BCUT2D eigenvalue weighted by Gasteiger charge is 2.36. The lowest BCUT2D eigenvalue weighted by molar-refractivity contribution is -0.301. The van der Waals surface area contributed by atoms with E-state index >= 15 is 0 Å². The number of halogens is 1. The van der Waals surface area contributed by atoms with Crippen molar-refractivity contribution < 1.29 is 23.4 Å². The molecule has 0 N–H and O–H groups in total. The van der Waals surface area contributed by atoms with Gasteiger partial charge in [0, 0.05) is 24.4 Å². The van der Waals surface area contributed by atoms with E-state index in [2.05, 4.69) is 23.6 Å². The van der Waals surface area contributed by atoms with Gasteiger partial charge < -0.3 is 18.8 Å². The van der Waals surface area contributed by atoms with Crippen molar-refractivity contribution in [3.05, 3.63) is 47.9 Å². The largest absolute Gasteiger partial charge is 0.463 e. The van der Waals surface area contributed by atoms with Crippen LogP contribution >= 0.6 is 0 Å². The molecule has 2 heterocycles. The summed E-state index contributed by atoms with van der Waals surface area (Å²) >= 11 is 0. The van der Waals surface area contributed by atoms with Crippen LogP contribution in [-0.4, -0.2) is 34.6 Å². The zero-order chi connectivity index (χ0) is 22.6. The number of aryl methyl sites for hydroxylation is 1. The molecule has 1 aliphatic rings. The number of aromatic nitrogens is 1. The smallest absolute Gasteiger partial charge is 0.308 e. The molecule has 1 aromatic heterocycles. The van der Waals surface area contributed by atoms with E-state index in [1.165, 1.54) is 17.8 Å². The fourth-order valence-electron chi connectivity index (χ4n) is 4.25. The molecule has 1 saturated heterocycles. The first-order chi connectivity index (χ1) is 14.7. The Morgan fingerprint density at radius 3 is 2.48 bits per heavy atom. The molecule has 1 aliphatic heterocycles. The highest BCUT2D eigenvalue weighted by molar-refractivity contribution is 5.70. The predicted octanol–water partition coefficient (Wildman–Crippen LogP) is 5.50. The van der Waals surface area contributed by atoms with E-state index in [0.29, 0.717) is 6.42 Å². The standard InChI is InChI=1S/C25H34FNO4/c1-6-20-11-12-23(18-7-9-19(26)10-8-18)27(20)14-13-21-15-22(31-25(4,5)30-21)16-24(28)29-17(2)3/h7-12,17,21-22H,6,13-16H2,1-5H3. The molecule has 0 saturated carbocycles. The van der Waals surface area contributed by atoms with E-state index in [1.54, 1.807) is 0 Å². The molecule has 2 unspecified atom stereocenters. The van der Waals surface area contributed by atoms with Crippen molar-refractivity contribution in [3.8, 4) is 11.3 Å². The molecule has 170 valence electrons. The molecular formula is C25H34FNO4. The maximum Gasteiger partial charge on any atom is 0.308 e.